The molecule has 1 N–H and O–H groups in total. The standard InChI is InChI=1S/C24H15Br2N3O2/c25-20-6-8-21(9-7-20)29-24(30)19(14-28)11-16-5-10-23(22(26)12-16)31-15-18-4-2-1-3-17(18)13-27/h1-12H,15H2,(H,29,30)/b19-11-. The second kappa shape index (κ2) is 10.6. The number of halogens is 2. The van der Waals surface area contributed by atoms with Crippen LogP contribution in [0.2, 0.25) is 0 Å². The third-order valence-corrected chi connectivity index (χ3v) is 5.40. The molecule has 3 rings (SSSR count). The smallest absolute Gasteiger partial charge is 0.266 e. The van der Waals surface area contributed by atoms with Crippen molar-refractivity contribution in [2.24, 2.45) is 0 Å². The van der Waals surface area contributed by atoms with Crippen molar-refractivity contribution in [2.45, 2.75) is 6.61 Å². The van der Waals surface area contributed by atoms with E-state index < -0.39 is 5.91 Å². The number of hydrogen-bond acceptors (Lipinski definition) is 4. The molecular formula is C24H15Br2N3O2. The van der Waals surface area contributed by atoms with Crippen molar-refractivity contribution < 1.29 is 9.53 Å². The molecule has 1 amide bonds. The number of carbonyl (C=O) groups is 1. The topological polar surface area (TPSA) is 85.9 Å². The van der Waals surface area contributed by atoms with Crippen molar-refractivity contribution in [1.29, 1.82) is 10.5 Å². The van der Waals surface area contributed by atoms with Gasteiger partial charge in [-0.3, -0.25) is 4.79 Å². The maximum atomic E-state index is 12.4. The maximum Gasteiger partial charge on any atom is 0.266 e. The van der Waals surface area contributed by atoms with Gasteiger partial charge in [-0.05, 0) is 70.0 Å². The number of ether oxygens (including phenoxy) is 1. The normalized spacial score (nSPS) is 10.6. The van der Waals surface area contributed by atoms with Gasteiger partial charge in [0.05, 0.1) is 16.1 Å². The first-order valence-electron chi connectivity index (χ1n) is 9.09. The minimum atomic E-state index is -0.491. The summed E-state index contributed by atoms with van der Waals surface area (Å²) >= 11 is 6.80. The van der Waals surface area contributed by atoms with Gasteiger partial charge in [-0.25, -0.2) is 0 Å². The quantitative estimate of drug-likeness (QED) is 0.300. The van der Waals surface area contributed by atoms with Crippen LogP contribution in [0.25, 0.3) is 6.08 Å². The zero-order chi connectivity index (χ0) is 22.2. The van der Waals surface area contributed by atoms with Crippen LogP contribution in [-0.4, -0.2) is 5.91 Å². The fourth-order valence-corrected chi connectivity index (χ4v) is 3.46. The van der Waals surface area contributed by atoms with Crippen LogP contribution in [0.15, 0.2) is 81.2 Å². The minimum Gasteiger partial charge on any atom is -0.488 e. The lowest BCUT2D eigenvalue weighted by atomic mass is 10.1. The van der Waals surface area contributed by atoms with Gasteiger partial charge >= 0.3 is 0 Å². The van der Waals surface area contributed by atoms with Gasteiger partial charge in [0, 0.05) is 15.7 Å². The second-order valence-corrected chi connectivity index (χ2v) is 8.15. The van der Waals surface area contributed by atoms with E-state index in [-0.39, 0.29) is 12.2 Å². The van der Waals surface area contributed by atoms with Gasteiger partial charge in [0.25, 0.3) is 5.91 Å². The molecule has 0 aliphatic heterocycles. The highest BCUT2D eigenvalue weighted by Gasteiger charge is 2.11. The van der Waals surface area contributed by atoms with Crippen molar-refractivity contribution in [3.8, 4) is 17.9 Å². The van der Waals surface area contributed by atoms with Gasteiger partial charge in [-0.1, -0.05) is 40.2 Å². The van der Waals surface area contributed by atoms with E-state index in [2.05, 4.69) is 43.2 Å². The number of rotatable bonds is 6. The van der Waals surface area contributed by atoms with Crippen molar-refractivity contribution in [3.05, 3.63) is 97.9 Å². The molecule has 0 radical (unpaired) electrons. The number of benzene rings is 3. The lowest BCUT2D eigenvalue weighted by Crippen LogP contribution is -2.13. The Bertz CT molecular complexity index is 1220. The Morgan fingerprint density at radius 1 is 1.03 bits per heavy atom. The Labute approximate surface area is 196 Å². The van der Waals surface area contributed by atoms with Crippen LogP contribution in [0, 0.1) is 22.7 Å². The Balaban J connectivity index is 1.72. The summed E-state index contributed by atoms with van der Waals surface area (Å²) in [6.07, 6.45) is 1.51. The van der Waals surface area contributed by atoms with Gasteiger partial charge < -0.3 is 10.1 Å². The van der Waals surface area contributed by atoms with Crippen LogP contribution >= 0.6 is 31.9 Å². The van der Waals surface area contributed by atoms with E-state index in [1.165, 1.54) is 6.08 Å². The number of hydrogen-bond donors (Lipinski definition) is 1. The highest BCUT2D eigenvalue weighted by atomic mass is 79.9. The predicted molar refractivity (Wildman–Crippen MR) is 126 cm³/mol. The number of carbonyl (C=O) groups excluding carboxylic acids is 1. The fourth-order valence-electron chi connectivity index (χ4n) is 2.68. The molecule has 3 aromatic rings. The summed E-state index contributed by atoms with van der Waals surface area (Å²) in [5, 5.41) is 21.3. The number of nitriles is 2. The molecule has 0 aliphatic carbocycles. The van der Waals surface area contributed by atoms with Crippen LogP contribution in [0.1, 0.15) is 16.7 Å². The predicted octanol–water partition coefficient (Wildman–Crippen LogP) is 6.21. The molecule has 3 aromatic carbocycles. The number of amides is 1. The summed E-state index contributed by atoms with van der Waals surface area (Å²) in [6.45, 7) is 0.247. The molecule has 0 fully saturated rings. The second-order valence-electron chi connectivity index (χ2n) is 6.38. The van der Waals surface area contributed by atoms with E-state index in [0.29, 0.717) is 27.0 Å². The first-order valence-corrected chi connectivity index (χ1v) is 10.7. The summed E-state index contributed by atoms with van der Waals surface area (Å²) in [7, 11) is 0. The molecule has 0 atom stereocenters. The van der Waals surface area contributed by atoms with E-state index >= 15 is 0 Å². The van der Waals surface area contributed by atoms with Crippen LogP contribution in [0.5, 0.6) is 5.75 Å². The van der Waals surface area contributed by atoms with Crippen LogP contribution in [0.4, 0.5) is 5.69 Å². The van der Waals surface area contributed by atoms with Crippen molar-refractivity contribution in [1.82, 2.24) is 0 Å². The van der Waals surface area contributed by atoms with Crippen LogP contribution < -0.4 is 10.1 Å². The van der Waals surface area contributed by atoms with E-state index in [9.17, 15) is 15.3 Å². The minimum absolute atomic E-state index is 0.0218. The highest BCUT2D eigenvalue weighted by Crippen LogP contribution is 2.28. The Morgan fingerprint density at radius 2 is 1.77 bits per heavy atom. The molecule has 152 valence electrons. The molecule has 0 bridgehead atoms. The van der Waals surface area contributed by atoms with E-state index in [0.717, 1.165) is 10.0 Å². The Morgan fingerprint density at radius 3 is 2.45 bits per heavy atom. The SMILES string of the molecule is N#C/C(=C/c1ccc(OCc2ccccc2C#N)c(Br)c1)C(=O)Nc1ccc(Br)cc1. The first kappa shape index (κ1) is 22.3. The fraction of sp³-hybridized carbons (Fsp3) is 0.0417. The van der Waals surface area contributed by atoms with Crippen LogP contribution in [-0.2, 0) is 11.4 Å². The molecule has 0 saturated carbocycles. The largest absolute Gasteiger partial charge is 0.488 e. The molecule has 0 heterocycles. The molecule has 31 heavy (non-hydrogen) atoms. The summed E-state index contributed by atoms with van der Waals surface area (Å²) in [5.41, 5.74) is 2.59. The highest BCUT2D eigenvalue weighted by molar-refractivity contribution is 9.10. The average Bonchev–Trinajstić information content (AvgIpc) is 2.78. The third-order valence-electron chi connectivity index (χ3n) is 4.26. The Kier molecular flexibility index (Phi) is 7.61. The summed E-state index contributed by atoms with van der Waals surface area (Å²) in [6, 6.07) is 23.7. The van der Waals surface area contributed by atoms with Gasteiger partial charge in [-0.2, -0.15) is 10.5 Å². The van der Waals surface area contributed by atoms with E-state index in [4.69, 9.17) is 4.74 Å². The third kappa shape index (κ3) is 6.05. The molecule has 5 nitrogen and oxygen atoms in total. The van der Waals surface area contributed by atoms with Gasteiger partial charge in [0.15, 0.2) is 0 Å². The van der Waals surface area contributed by atoms with Gasteiger partial charge in [0.2, 0.25) is 0 Å². The molecule has 0 saturated heterocycles. The average molecular weight is 537 g/mol. The molecule has 0 aliphatic rings. The van der Waals surface area contributed by atoms with Gasteiger partial charge in [0.1, 0.15) is 24.0 Å². The molecule has 0 unspecified atom stereocenters. The zero-order valence-electron chi connectivity index (χ0n) is 16.1. The van der Waals surface area contributed by atoms with Gasteiger partial charge in [-0.15, -0.1) is 0 Å². The molecule has 7 heteroatoms. The van der Waals surface area contributed by atoms with Crippen molar-refractivity contribution in [3.63, 3.8) is 0 Å². The number of nitrogens with zero attached hydrogens (tertiary/aromatic N) is 2. The molecule has 0 aromatic heterocycles. The summed E-state index contributed by atoms with van der Waals surface area (Å²) in [5.74, 6) is 0.0945. The Hall–Kier alpha value is -3.39. The zero-order valence-corrected chi connectivity index (χ0v) is 19.3. The number of nitrogens with one attached hydrogen (secondary N) is 1. The molecule has 0 spiro atoms. The summed E-state index contributed by atoms with van der Waals surface area (Å²) in [4.78, 5) is 12.4. The van der Waals surface area contributed by atoms with Crippen molar-refractivity contribution >= 4 is 49.5 Å². The summed E-state index contributed by atoms with van der Waals surface area (Å²) < 4.78 is 7.38. The van der Waals surface area contributed by atoms with Crippen LogP contribution in [0.3, 0.4) is 0 Å². The number of anilines is 1. The van der Waals surface area contributed by atoms with Crippen molar-refractivity contribution in [2.75, 3.05) is 5.32 Å². The lowest BCUT2D eigenvalue weighted by Gasteiger charge is -2.10. The first-order chi connectivity index (χ1) is 15.0. The maximum absolute atomic E-state index is 12.4. The lowest BCUT2D eigenvalue weighted by molar-refractivity contribution is -0.112. The monoisotopic (exact) mass is 535 g/mol. The van der Waals surface area contributed by atoms with E-state index in [1.54, 1.807) is 54.6 Å². The van der Waals surface area contributed by atoms with E-state index in [1.807, 2.05) is 18.2 Å². The molecular weight excluding hydrogens is 522 g/mol.